The molecule has 0 saturated heterocycles. The molecule has 0 aliphatic rings. The summed E-state index contributed by atoms with van der Waals surface area (Å²) < 4.78 is 23.7. The molecule has 0 bridgehead atoms. The maximum atomic E-state index is 13.1. The van der Waals surface area contributed by atoms with Gasteiger partial charge in [-0.3, -0.25) is 4.79 Å². The van der Waals surface area contributed by atoms with Crippen molar-refractivity contribution in [2.45, 2.75) is 6.54 Å². The van der Waals surface area contributed by atoms with Crippen LogP contribution in [0.15, 0.2) is 36.4 Å². The van der Waals surface area contributed by atoms with Crippen molar-refractivity contribution in [2.24, 2.45) is 0 Å². The first-order valence-corrected chi connectivity index (χ1v) is 8.08. The molecule has 2 N–H and O–H groups in total. The zero-order valence-electron chi connectivity index (χ0n) is 14.4. The summed E-state index contributed by atoms with van der Waals surface area (Å²) in [6.45, 7) is 0.842. The molecule has 1 atom stereocenters. The Morgan fingerprint density at radius 1 is 1.20 bits per heavy atom. The monoisotopic (exact) mass is 367 g/mol. The van der Waals surface area contributed by atoms with Crippen LogP contribution >= 0.6 is 11.6 Å². The number of carbonyl (C=O) groups excluding carboxylic acids is 1. The molecule has 0 radical (unpaired) electrons. The predicted molar refractivity (Wildman–Crippen MR) is 95.0 cm³/mol. The summed E-state index contributed by atoms with van der Waals surface area (Å²) in [5, 5.41) is 2.68. The molecule has 0 aliphatic carbocycles. The van der Waals surface area contributed by atoms with Crippen LogP contribution in [0.5, 0.6) is 11.5 Å². The Hall–Kier alpha value is -2.31. The number of halogens is 2. The first-order valence-electron chi connectivity index (χ1n) is 7.70. The van der Waals surface area contributed by atoms with E-state index in [1.807, 2.05) is 25.2 Å². The average molecular weight is 368 g/mol. The Balaban J connectivity index is 1.96. The molecule has 0 fully saturated rings. The number of amides is 1. The standard InChI is InChI=1S/C18H20ClFN2O3/c1-22(10-12-4-6-14(24-2)9-17(12)25-3)11-18(23)21-13-5-7-16(20)15(19)8-13/h4-9H,10-11H2,1-3H3,(H,21,23)/p+1. The van der Waals surface area contributed by atoms with Gasteiger partial charge in [0.05, 0.1) is 26.3 Å². The molecule has 0 aromatic heterocycles. The van der Waals surface area contributed by atoms with E-state index in [2.05, 4.69) is 5.32 Å². The first-order chi connectivity index (χ1) is 11.9. The highest BCUT2D eigenvalue weighted by Gasteiger charge is 2.14. The highest BCUT2D eigenvalue weighted by molar-refractivity contribution is 6.31. The summed E-state index contributed by atoms with van der Waals surface area (Å²) in [4.78, 5) is 13.1. The third-order valence-electron chi connectivity index (χ3n) is 3.65. The van der Waals surface area contributed by atoms with Gasteiger partial charge in [0.2, 0.25) is 0 Å². The number of nitrogens with one attached hydrogen (secondary N) is 2. The predicted octanol–water partition coefficient (Wildman–Crippen LogP) is 2.15. The Labute approximate surface area is 151 Å². The van der Waals surface area contributed by atoms with E-state index in [9.17, 15) is 9.18 Å². The summed E-state index contributed by atoms with van der Waals surface area (Å²) in [6, 6.07) is 9.65. The topological polar surface area (TPSA) is 52.0 Å². The van der Waals surface area contributed by atoms with E-state index in [4.69, 9.17) is 21.1 Å². The van der Waals surface area contributed by atoms with Crippen molar-refractivity contribution >= 4 is 23.2 Å². The molecule has 7 heteroatoms. The van der Waals surface area contributed by atoms with Crippen LogP contribution in [-0.4, -0.2) is 33.7 Å². The van der Waals surface area contributed by atoms with Gasteiger partial charge >= 0.3 is 0 Å². The number of hydrogen-bond acceptors (Lipinski definition) is 3. The highest BCUT2D eigenvalue weighted by atomic mass is 35.5. The van der Waals surface area contributed by atoms with Crippen molar-refractivity contribution in [3.05, 3.63) is 52.8 Å². The minimum Gasteiger partial charge on any atom is -0.497 e. The molecule has 2 aromatic carbocycles. The van der Waals surface area contributed by atoms with Gasteiger partial charge in [-0.15, -0.1) is 0 Å². The number of quaternary nitrogens is 1. The molecular weight excluding hydrogens is 347 g/mol. The molecular formula is C18H21ClFN2O3+. The molecule has 1 amide bonds. The number of carbonyl (C=O) groups is 1. The zero-order chi connectivity index (χ0) is 18.4. The van der Waals surface area contributed by atoms with Crippen LogP contribution in [0, 0.1) is 5.82 Å². The van der Waals surface area contributed by atoms with Crippen LogP contribution in [0.2, 0.25) is 5.02 Å². The van der Waals surface area contributed by atoms with Gasteiger partial charge in [-0.1, -0.05) is 11.6 Å². The third-order valence-corrected chi connectivity index (χ3v) is 3.94. The number of rotatable bonds is 7. The van der Waals surface area contributed by atoms with Crippen LogP contribution in [0.25, 0.3) is 0 Å². The van der Waals surface area contributed by atoms with Crippen molar-refractivity contribution in [1.29, 1.82) is 0 Å². The Morgan fingerprint density at radius 2 is 1.96 bits per heavy atom. The summed E-state index contributed by atoms with van der Waals surface area (Å²) in [6.07, 6.45) is 0. The molecule has 0 saturated carbocycles. The number of hydrogen-bond donors (Lipinski definition) is 2. The second-order valence-corrected chi connectivity index (χ2v) is 6.07. The van der Waals surface area contributed by atoms with Crippen molar-refractivity contribution in [1.82, 2.24) is 0 Å². The van der Waals surface area contributed by atoms with E-state index in [-0.39, 0.29) is 17.5 Å². The number of ether oxygens (including phenoxy) is 2. The fourth-order valence-corrected chi connectivity index (χ4v) is 2.62. The van der Waals surface area contributed by atoms with E-state index in [1.54, 1.807) is 14.2 Å². The minimum atomic E-state index is -0.519. The van der Waals surface area contributed by atoms with Crippen LogP contribution in [0.1, 0.15) is 5.56 Å². The van der Waals surface area contributed by atoms with Crippen LogP contribution < -0.4 is 19.7 Å². The molecule has 0 aliphatic heterocycles. The van der Waals surface area contributed by atoms with Gasteiger partial charge in [-0.2, -0.15) is 0 Å². The summed E-state index contributed by atoms with van der Waals surface area (Å²) in [5.74, 6) is 0.718. The lowest BCUT2D eigenvalue weighted by atomic mass is 10.2. The highest BCUT2D eigenvalue weighted by Crippen LogP contribution is 2.23. The van der Waals surface area contributed by atoms with Crippen LogP contribution in [0.4, 0.5) is 10.1 Å². The SMILES string of the molecule is COc1ccc(C[NH+](C)CC(=O)Nc2ccc(F)c(Cl)c2)c(OC)c1. The van der Waals surface area contributed by atoms with E-state index >= 15 is 0 Å². The average Bonchev–Trinajstić information content (AvgIpc) is 2.58. The Bertz CT molecular complexity index is 755. The Morgan fingerprint density at radius 3 is 2.60 bits per heavy atom. The fraction of sp³-hybridized carbons (Fsp3) is 0.278. The van der Waals surface area contributed by atoms with E-state index in [0.717, 1.165) is 10.5 Å². The lowest BCUT2D eigenvalue weighted by molar-refractivity contribution is -0.885. The third kappa shape index (κ3) is 5.34. The number of anilines is 1. The van der Waals surface area contributed by atoms with Gasteiger partial charge in [0, 0.05) is 17.3 Å². The van der Waals surface area contributed by atoms with E-state index in [0.29, 0.717) is 23.7 Å². The van der Waals surface area contributed by atoms with Gasteiger partial charge in [-0.05, 0) is 30.3 Å². The Kier molecular flexibility index (Phi) is 6.61. The van der Waals surface area contributed by atoms with Crippen LogP contribution in [0.3, 0.4) is 0 Å². The largest absolute Gasteiger partial charge is 0.497 e. The second kappa shape index (κ2) is 8.69. The van der Waals surface area contributed by atoms with Gasteiger partial charge in [0.25, 0.3) is 5.91 Å². The molecule has 1 unspecified atom stereocenters. The van der Waals surface area contributed by atoms with Gasteiger partial charge < -0.3 is 19.7 Å². The zero-order valence-corrected chi connectivity index (χ0v) is 15.1. The van der Waals surface area contributed by atoms with Crippen molar-refractivity contribution in [3.63, 3.8) is 0 Å². The molecule has 2 rings (SSSR count). The molecule has 0 heterocycles. The smallest absolute Gasteiger partial charge is 0.279 e. The maximum absolute atomic E-state index is 13.1. The van der Waals surface area contributed by atoms with Crippen molar-refractivity contribution in [2.75, 3.05) is 33.1 Å². The summed E-state index contributed by atoms with van der Waals surface area (Å²) in [5.41, 5.74) is 1.43. The molecule has 5 nitrogen and oxygen atoms in total. The number of benzene rings is 2. The number of likely N-dealkylation sites (N-methyl/N-ethyl adjacent to an activating group) is 1. The quantitative estimate of drug-likeness (QED) is 0.788. The molecule has 134 valence electrons. The van der Waals surface area contributed by atoms with Crippen molar-refractivity contribution in [3.8, 4) is 11.5 Å². The normalized spacial score (nSPS) is 11.7. The van der Waals surface area contributed by atoms with Gasteiger partial charge in [-0.25, -0.2) is 4.39 Å². The number of methoxy groups -OCH3 is 2. The van der Waals surface area contributed by atoms with Gasteiger partial charge in [0.1, 0.15) is 23.9 Å². The fourth-order valence-electron chi connectivity index (χ4n) is 2.44. The van der Waals surface area contributed by atoms with E-state index in [1.165, 1.54) is 18.2 Å². The maximum Gasteiger partial charge on any atom is 0.279 e. The molecule has 2 aromatic rings. The first kappa shape index (κ1) is 19.0. The van der Waals surface area contributed by atoms with Gasteiger partial charge in [0.15, 0.2) is 6.54 Å². The minimum absolute atomic E-state index is 0.0264. The van der Waals surface area contributed by atoms with E-state index < -0.39 is 5.82 Å². The second-order valence-electron chi connectivity index (χ2n) is 5.67. The lowest BCUT2D eigenvalue weighted by Crippen LogP contribution is -3.08. The summed E-state index contributed by atoms with van der Waals surface area (Å²) >= 11 is 5.71. The molecule has 25 heavy (non-hydrogen) atoms. The molecule has 0 spiro atoms. The summed E-state index contributed by atoms with van der Waals surface area (Å²) in [7, 11) is 5.09. The lowest BCUT2D eigenvalue weighted by Gasteiger charge is -2.16. The van der Waals surface area contributed by atoms with Crippen LogP contribution in [-0.2, 0) is 11.3 Å². The van der Waals surface area contributed by atoms with Crippen molar-refractivity contribution < 1.29 is 23.6 Å².